The second-order valence-corrected chi connectivity index (χ2v) is 9.42. The number of aromatic nitrogens is 4. The van der Waals surface area contributed by atoms with Gasteiger partial charge < -0.3 is 19.3 Å². The molecule has 3 aliphatic rings. The van der Waals surface area contributed by atoms with Crippen molar-refractivity contribution < 1.29 is 9.47 Å². The maximum Gasteiger partial charge on any atom is 0.162 e. The first-order chi connectivity index (χ1) is 15.3. The Labute approximate surface area is 185 Å². The first kappa shape index (κ1) is 19.3. The molecule has 5 heterocycles. The zero-order valence-corrected chi connectivity index (χ0v) is 18.3. The lowest BCUT2D eigenvalue weighted by Gasteiger charge is -2.49. The average molecular weight is 439 g/mol. The molecule has 3 fully saturated rings. The summed E-state index contributed by atoms with van der Waals surface area (Å²) in [5.74, 6) is 1.33. The third kappa shape index (κ3) is 3.35. The van der Waals surface area contributed by atoms with Crippen LogP contribution in [0.3, 0.4) is 0 Å². The first-order valence-electron chi connectivity index (χ1n) is 11.1. The van der Waals surface area contributed by atoms with E-state index in [0.29, 0.717) is 5.92 Å². The van der Waals surface area contributed by atoms with Gasteiger partial charge in [0.15, 0.2) is 5.82 Å². The van der Waals surface area contributed by atoms with Crippen LogP contribution in [-0.2, 0) is 15.1 Å². The molecule has 9 heteroatoms. The molecule has 0 spiro atoms. The second kappa shape index (κ2) is 7.96. The molecule has 0 aliphatic carbocycles. The molecule has 162 valence electrons. The number of hydrogen-bond acceptors (Lipinski definition) is 9. The van der Waals surface area contributed by atoms with E-state index in [1.807, 2.05) is 11.6 Å². The number of hydrogen-bond donors (Lipinski definition) is 0. The number of fused-ring (bicyclic) bond motifs is 1. The zero-order valence-electron chi connectivity index (χ0n) is 17.4. The first-order valence-corrected chi connectivity index (χ1v) is 12.0. The van der Waals surface area contributed by atoms with E-state index >= 15 is 0 Å². The van der Waals surface area contributed by atoms with Crippen LogP contribution < -0.4 is 9.80 Å². The van der Waals surface area contributed by atoms with E-state index in [-0.39, 0.29) is 5.60 Å². The van der Waals surface area contributed by atoms with Crippen molar-refractivity contribution in [3.8, 4) is 0 Å². The summed E-state index contributed by atoms with van der Waals surface area (Å²) < 4.78 is 11.7. The minimum atomic E-state index is -0.230. The Morgan fingerprint density at radius 1 is 1.06 bits per heavy atom. The topological polar surface area (TPSA) is 76.5 Å². The van der Waals surface area contributed by atoms with Crippen LogP contribution in [0.4, 0.5) is 11.5 Å². The van der Waals surface area contributed by atoms with Gasteiger partial charge >= 0.3 is 0 Å². The number of morpholine rings is 1. The van der Waals surface area contributed by atoms with Gasteiger partial charge in [-0.1, -0.05) is 0 Å². The molecule has 8 nitrogen and oxygen atoms in total. The monoisotopic (exact) mass is 438 g/mol. The number of ether oxygens (including phenoxy) is 2. The summed E-state index contributed by atoms with van der Waals surface area (Å²) in [7, 11) is 0. The van der Waals surface area contributed by atoms with E-state index in [4.69, 9.17) is 9.47 Å². The van der Waals surface area contributed by atoms with Gasteiger partial charge in [-0.05, 0) is 36.3 Å². The average Bonchev–Trinajstić information content (AvgIpc) is 3.33. The van der Waals surface area contributed by atoms with Crippen LogP contribution in [0, 0.1) is 5.92 Å². The van der Waals surface area contributed by atoms with Gasteiger partial charge in [0.2, 0.25) is 0 Å². The summed E-state index contributed by atoms with van der Waals surface area (Å²) in [4.78, 5) is 9.32. The molecule has 3 aromatic rings. The second-order valence-electron chi connectivity index (χ2n) is 8.52. The summed E-state index contributed by atoms with van der Waals surface area (Å²) in [5, 5.41) is 17.2. The highest BCUT2D eigenvalue weighted by Gasteiger charge is 2.50. The lowest BCUT2D eigenvalue weighted by molar-refractivity contribution is -0.191. The molecule has 0 radical (unpaired) electrons. The number of benzene rings is 1. The maximum atomic E-state index is 6.21. The van der Waals surface area contributed by atoms with Gasteiger partial charge in [-0.3, -0.25) is 0 Å². The van der Waals surface area contributed by atoms with Crippen molar-refractivity contribution in [3.05, 3.63) is 34.8 Å². The van der Waals surface area contributed by atoms with Crippen molar-refractivity contribution >= 4 is 33.7 Å². The molecule has 2 aromatic heterocycles. The standard InChI is InChI=1S/C22H26N6O2S/c1-2-16(22(5-10-30-22)21-23-6-13-31-21)15-28(7-1)20-18-4-3-17(14-19(18)24-26-25-20)27-8-11-29-12-9-27/h3-4,6,13-14,16H,1-2,5,7-12,15H2. The molecule has 0 saturated carbocycles. The fraction of sp³-hybridized carbons (Fsp3) is 0.545. The van der Waals surface area contributed by atoms with E-state index in [1.54, 1.807) is 11.3 Å². The van der Waals surface area contributed by atoms with Crippen molar-refractivity contribution in [1.82, 2.24) is 20.4 Å². The molecular formula is C22H26N6O2S. The van der Waals surface area contributed by atoms with Gasteiger partial charge in [0.25, 0.3) is 0 Å². The van der Waals surface area contributed by atoms with Crippen LogP contribution in [0.25, 0.3) is 10.9 Å². The Hall–Kier alpha value is -2.36. The van der Waals surface area contributed by atoms with E-state index in [1.165, 1.54) is 5.69 Å². The minimum absolute atomic E-state index is 0.230. The van der Waals surface area contributed by atoms with Crippen molar-refractivity contribution in [3.63, 3.8) is 0 Å². The number of nitrogens with zero attached hydrogens (tertiary/aromatic N) is 6. The molecule has 2 atom stereocenters. The number of piperidine rings is 1. The minimum Gasteiger partial charge on any atom is -0.378 e. The molecule has 0 bridgehead atoms. The van der Waals surface area contributed by atoms with E-state index < -0.39 is 0 Å². The van der Waals surface area contributed by atoms with Crippen LogP contribution in [-0.4, -0.2) is 66.4 Å². The smallest absolute Gasteiger partial charge is 0.162 e. The third-order valence-electron chi connectivity index (χ3n) is 6.90. The Morgan fingerprint density at radius 2 is 1.97 bits per heavy atom. The van der Waals surface area contributed by atoms with Gasteiger partial charge in [0, 0.05) is 61.2 Å². The molecule has 6 rings (SSSR count). The highest BCUT2D eigenvalue weighted by molar-refractivity contribution is 7.09. The Balaban J connectivity index is 1.29. The molecule has 2 unspecified atom stereocenters. The highest BCUT2D eigenvalue weighted by atomic mass is 32.1. The fourth-order valence-corrected chi connectivity index (χ4v) is 6.08. The van der Waals surface area contributed by atoms with E-state index in [0.717, 1.165) is 87.0 Å². The van der Waals surface area contributed by atoms with Crippen LogP contribution in [0.15, 0.2) is 29.8 Å². The lowest BCUT2D eigenvalue weighted by Crippen LogP contribution is -2.53. The Bertz CT molecular complexity index is 1050. The predicted molar refractivity (Wildman–Crippen MR) is 120 cm³/mol. The zero-order chi connectivity index (χ0) is 20.7. The van der Waals surface area contributed by atoms with Gasteiger partial charge in [0.05, 0.1) is 19.8 Å². The molecule has 1 aromatic carbocycles. The molecular weight excluding hydrogens is 412 g/mol. The van der Waals surface area contributed by atoms with E-state index in [2.05, 4.69) is 48.4 Å². The summed E-state index contributed by atoms with van der Waals surface area (Å²) in [5.41, 5.74) is 1.84. The summed E-state index contributed by atoms with van der Waals surface area (Å²) in [6.07, 6.45) is 5.19. The number of thiazole rings is 1. The summed E-state index contributed by atoms with van der Waals surface area (Å²) in [6, 6.07) is 6.46. The molecule has 31 heavy (non-hydrogen) atoms. The van der Waals surface area contributed by atoms with Crippen LogP contribution in [0.1, 0.15) is 24.3 Å². The van der Waals surface area contributed by atoms with Crippen LogP contribution in [0.2, 0.25) is 0 Å². The number of rotatable bonds is 4. The van der Waals surface area contributed by atoms with Crippen LogP contribution >= 0.6 is 11.3 Å². The van der Waals surface area contributed by atoms with Crippen molar-refractivity contribution in [2.45, 2.75) is 24.9 Å². The molecule has 0 amide bonds. The molecule has 0 N–H and O–H groups in total. The predicted octanol–water partition coefficient (Wildman–Crippen LogP) is 2.85. The normalized spacial score (nSPS) is 26.8. The van der Waals surface area contributed by atoms with Crippen molar-refractivity contribution in [2.24, 2.45) is 5.92 Å². The van der Waals surface area contributed by atoms with Crippen molar-refractivity contribution in [1.29, 1.82) is 0 Å². The van der Waals surface area contributed by atoms with Gasteiger partial charge in [0.1, 0.15) is 16.1 Å². The lowest BCUT2D eigenvalue weighted by atomic mass is 9.77. The number of anilines is 2. The van der Waals surface area contributed by atoms with E-state index in [9.17, 15) is 0 Å². The van der Waals surface area contributed by atoms with Gasteiger partial charge in [-0.25, -0.2) is 4.98 Å². The Kier molecular flexibility index (Phi) is 4.96. The Morgan fingerprint density at radius 3 is 2.74 bits per heavy atom. The quantitative estimate of drug-likeness (QED) is 0.616. The summed E-state index contributed by atoms with van der Waals surface area (Å²) in [6.45, 7) is 6.04. The maximum absolute atomic E-state index is 6.21. The van der Waals surface area contributed by atoms with Crippen LogP contribution in [0.5, 0.6) is 0 Å². The van der Waals surface area contributed by atoms with Gasteiger partial charge in [-0.15, -0.1) is 21.5 Å². The highest BCUT2D eigenvalue weighted by Crippen LogP contribution is 2.48. The summed E-state index contributed by atoms with van der Waals surface area (Å²) >= 11 is 1.71. The third-order valence-corrected chi connectivity index (χ3v) is 7.83. The SMILES string of the molecule is c1csc(C2(C3CCCN(c4nnnc5cc(N6CCOCC6)ccc45)C3)CCO2)n1. The van der Waals surface area contributed by atoms with Crippen molar-refractivity contribution in [2.75, 3.05) is 55.8 Å². The fourth-order valence-electron chi connectivity index (χ4n) is 5.18. The molecule has 3 saturated heterocycles. The largest absolute Gasteiger partial charge is 0.378 e. The van der Waals surface area contributed by atoms with Gasteiger partial charge in [-0.2, -0.15) is 0 Å². The molecule has 3 aliphatic heterocycles.